The molecule has 2 aromatic carbocycles. The van der Waals surface area contributed by atoms with Crippen molar-refractivity contribution in [2.75, 3.05) is 30.2 Å². The van der Waals surface area contributed by atoms with E-state index in [-0.39, 0.29) is 12.3 Å². The topological polar surface area (TPSA) is 102 Å². The van der Waals surface area contributed by atoms with Gasteiger partial charge in [0, 0.05) is 17.1 Å². The molecule has 3 amide bonds. The van der Waals surface area contributed by atoms with Crippen LogP contribution in [0.2, 0.25) is 0 Å². The number of urea groups is 1. The predicted molar refractivity (Wildman–Crippen MR) is 118 cm³/mol. The van der Waals surface area contributed by atoms with E-state index >= 15 is 0 Å². The number of thiazole rings is 1. The highest BCUT2D eigenvalue weighted by atomic mass is 32.1. The molecule has 0 atom stereocenters. The summed E-state index contributed by atoms with van der Waals surface area (Å²) >= 11 is 1.25. The van der Waals surface area contributed by atoms with Crippen molar-refractivity contribution in [1.29, 1.82) is 0 Å². The standard InChI is InChI=1S/C21H22N4O4S/c1-13-4-6-14(7-5-13)22-20(27)25-21-23-15(12-30-21)10-19(26)24-17-11-16(28-2)8-9-18(17)29-3/h4-9,11-12H,10H2,1-3H3,(H,24,26)(H2,22,23,25,27). The van der Waals surface area contributed by atoms with E-state index in [2.05, 4.69) is 20.9 Å². The van der Waals surface area contributed by atoms with Crippen LogP contribution in [0, 0.1) is 6.92 Å². The van der Waals surface area contributed by atoms with Gasteiger partial charge in [0.25, 0.3) is 0 Å². The summed E-state index contributed by atoms with van der Waals surface area (Å²) < 4.78 is 10.4. The van der Waals surface area contributed by atoms with Gasteiger partial charge in [0.2, 0.25) is 5.91 Å². The number of benzene rings is 2. The Hall–Kier alpha value is -3.59. The molecule has 1 aromatic heterocycles. The number of rotatable bonds is 7. The first kappa shape index (κ1) is 21.1. The van der Waals surface area contributed by atoms with Crippen LogP contribution in [0.4, 0.5) is 21.3 Å². The van der Waals surface area contributed by atoms with Crippen molar-refractivity contribution in [2.24, 2.45) is 0 Å². The van der Waals surface area contributed by atoms with Crippen LogP contribution in [0.3, 0.4) is 0 Å². The minimum absolute atomic E-state index is 0.0537. The summed E-state index contributed by atoms with van der Waals surface area (Å²) in [7, 11) is 3.07. The van der Waals surface area contributed by atoms with Gasteiger partial charge in [0.1, 0.15) is 11.5 Å². The van der Waals surface area contributed by atoms with Crippen molar-refractivity contribution in [1.82, 2.24) is 4.98 Å². The van der Waals surface area contributed by atoms with Crippen LogP contribution in [0.15, 0.2) is 47.8 Å². The number of carbonyl (C=O) groups is 2. The van der Waals surface area contributed by atoms with E-state index in [1.54, 1.807) is 30.7 Å². The van der Waals surface area contributed by atoms with Crippen LogP contribution in [-0.2, 0) is 11.2 Å². The maximum Gasteiger partial charge on any atom is 0.325 e. The highest BCUT2D eigenvalue weighted by molar-refractivity contribution is 7.14. The molecule has 0 aliphatic carbocycles. The lowest BCUT2D eigenvalue weighted by Gasteiger charge is -2.11. The molecule has 0 unspecified atom stereocenters. The minimum atomic E-state index is -0.398. The van der Waals surface area contributed by atoms with Crippen LogP contribution in [0.1, 0.15) is 11.3 Å². The first-order chi connectivity index (χ1) is 14.5. The van der Waals surface area contributed by atoms with Crippen LogP contribution in [0.25, 0.3) is 0 Å². The fraction of sp³-hybridized carbons (Fsp3) is 0.190. The molecule has 3 aromatic rings. The largest absolute Gasteiger partial charge is 0.497 e. The van der Waals surface area contributed by atoms with Gasteiger partial charge in [-0.15, -0.1) is 11.3 Å². The van der Waals surface area contributed by atoms with Crippen LogP contribution in [-0.4, -0.2) is 31.1 Å². The molecule has 3 N–H and O–H groups in total. The zero-order valence-electron chi connectivity index (χ0n) is 16.8. The number of hydrogen-bond donors (Lipinski definition) is 3. The number of aromatic nitrogens is 1. The highest BCUT2D eigenvalue weighted by Crippen LogP contribution is 2.29. The second kappa shape index (κ2) is 9.75. The van der Waals surface area contributed by atoms with E-state index in [9.17, 15) is 9.59 Å². The Morgan fingerprint density at radius 3 is 2.47 bits per heavy atom. The molecule has 8 nitrogen and oxygen atoms in total. The molecule has 0 aliphatic rings. The third kappa shape index (κ3) is 5.71. The number of hydrogen-bond acceptors (Lipinski definition) is 6. The van der Waals surface area contributed by atoms with Crippen molar-refractivity contribution in [3.63, 3.8) is 0 Å². The highest BCUT2D eigenvalue weighted by Gasteiger charge is 2.13. The van der Waals surface area contributed by atoms with Crippen LogP contribution in [0.5, 0.6) is 11.5 Å². The number of amides is 3. The predicted octanol–water partition coefficient (Wildman–Crippen LogP) is 4.29. The molecule has 0 saturated carbocycles. The lowest BCUT2D eigenvalue weighted by Crippen LogP contribution is -2.19. The fourth-order valence-corrected chi connectivity index (χ4v) is 3.32. The monoisotopic (exact) mass is 426 g/mol. The number of ether oxygens (including phenoxy) is 2. The molecule has 0 saturated heterocycles. The summed E-state index contributed by atoms with van der Waals surface area (Å²) in [5.41, 5.74) is 2.84. The summed E-state index contributed by atoms with van der Waals surface area (Å²) in [6.07, 6.45) is 0.0537. The second-order valence-corrected chi connectivity index (χ2v) is 7.24. The summed E-state index contributed by atoms with van der Waals surface area (Å²) in [6, 6.07) is 12.2. The van der Waals surface area contributed by atoms with Crippen molar-refractivity contribution in [3.05, 3.63) is 59.1 Å². The lowest BCUT2D eigenvalue weighted by molar-refractivity contribution is -0.115. The maximum atomic E-state index is 12.4. The molecule has 156 valence electrons. The number of anilines is 3. The zero-order chi connectivity index (χ0) is 21.5. The molecule has 3 rings (SSSR count). The Balaban J connectivity index is 1.56. The van der Waals surface area contributed by atoms with E-state index in [1.165, 1.54) is 18.4 Å². The average Bonchev–Trinajstić information content (AvgIpc) is 3.15. The number of methoxy groups -OCH3 is 2. The molecule has 0 spiro atoms. The molecule has 9 heteroatoms. The van der Waals surface area contributed by atoms with Crippen molar-refractivity contribution >= 4 is 39.8 Å². The molecular formula is C21H22N4O4S. The molecule has 0 fully saturated rings. The van der Waals surface area contributed by atoms with Crippen molar-refractivity contribution in [3.8, 4) is 11.5 Å². The maximum absolute atomic E-state index is 12.4. The van der Waals surface area contributed by atoms with E-state index in [0.717, 1.165) is 5.56 Å². The van der Waals surface area contributed by atoms with Crippen molar-refractivity contribution < 1.29 is 19.1 Å². The van der Waals surface area contributed by atoms with Crippen LogP contribution < -0.4 is 25.4 Å². The summed E-state index contributed by atoms with van der Waals surface area (Å²) in [6.45, 7) is 1.97. The fourth-order valence-electron chi connectivity index (χ4n) is 2.61. The van der Waals surface area contributed by atoms with E-state index in [0.29, 0.717) is 33.7 Å². The Kier molecular flexibility index (Phi) is 6.87. The lowest BCUT2D eigenvalue weighted by atomic mass is 10.2. The Morgan fingerprint density at radius 2 is 1.77 bits per heavy atom. The van der Waals surface area contributed by atoms with Gasteiger partial charge in [-0.05, 0) is 31.2 Å². The van der Waals surface area contributed by atoms with E-state index in [1.807, 2.05) is 31.2 Å². The van der Waals surface area contributed by atoms with Gasteiger partial charge in [0.15, 0.2) is 5.13 Å². The third-order valence-corrected chi connectivity index (χ3v) is 4.91. The van der Waals surface area contributed by atoms with Gasteiger partial charge in [-0.25, -0.2) is 9.78 Å². The summed E-state index contributed by atoms with van der Waals surface area (Å²) in [4.78, 5) is 28.8. The number of nitrogens with zero attached hydrogens (tertiary/aromatic N) is 1. The number of nitrogens with one attached hydrogen (secondary N) is 3. The molecule has 0 radical (unpaired) electrons. The number of aryl methyl sites for hydroxylation is 1. The van der Waals surface area contributed by atoms with Crippen LogP contribution >= 0.6 is 11.3 Å². The van der Waals surface area contributed by atoms with E-state index in [4.69, 9.17) is 9.47 Å². The third-order valence-electron chi connectivity index (χ3n) is 4.10. The van der Waals surface area contributed by atoms with Crippen molar-refractivity contribution in [2.45, 2.75) is 13.3 Å². The molecule has 1 heterocycles. The molecule has 30 heavy (non-hydrogen) atoms. The van der Waals surface area contributed by atoms with E-state index < -0.39 is 6.03 Å². The SMILES string of the molecule is COc1ccc(OC)c(NC(=O)Cc2csc(NC(=O)Nc3ccc(C)cc3)n2)c1. The Bertz CT molecular complexity index is 1030. The average molecular weight is 426 g/mol. The van der Waals surface area contributed by atoms with Gasteiger partial charge in [-0.1, -0.05) is 17.7 Å². The smallest absolute Gasteiger partial charge is 0.325 e. The molecular weight excluding hydrogens is 404 g/mol. The molecule has 0 bridgehead atoms. The molecule has 0 aliphatic heterocycles. The first-order valence-corrected chi connectivity index (χ1v) is 9.95. The van der Waals surface area contributed by atoms with Gasteiger partial charge >= 0.3 is 6.03 Å². The zero-order valence-corrected chi connectivity index (χ0v) is 17.6. The summed E-state index contributed by atoms with van der Waals surface area (Å²) in [5, 5.41) is 10.3. The Labute approximate surface area is 178 Å². The quantitative estimate of drug-likeness (QED) is 0.523. The Morgan fingerprint density at radius 1 is 1.00 bits per heavy atom. The van der Waals surface area contributed by atoms with Gasteiger partial charge < -0.3 is 20.1 Å². The van der Waals surface area contributed by atoms with Gasteiger partial charge in [-0.3, -0.25) is 10.1 Å². The summed E-state index contributed by atoms with van der Waals surface area (Å²) in [5.74, 6) is 0.867. The van der Waals surface area contributed by atoms with Gasteiger partial charge in [-0.2, -0.15) is 0 Å². The first-order valence-electron chi connectivity index (χ1n) is 9.08. The normalized spacial score (nSPS) is 10.2. The minimum Gasteiger partial charge on any atom is -0.497 e. The van der Waals surface area contributed by atoms with Gasteiger partial charge in [0.05, 0.1) is 32.0 Å². The number of carbonyl (C=O) groups excluding carboxylic acids is 2. The second-order valence-electron chi connectivity index (χ2n) is 6.38.